The van der Waals surface area contributed by atoms with Gasteiger partial charge in [-0.15, -0.1) is 0 Å². The van der Waals surface area contributed by atoms with Gasteiger partial charge in [-0.05, 0) is 119 Å². The van der Waals surface area contributed by atoms with E-state index in [-0.39, 0.29) is 0 Å². The van der Waals surface area contributed by atoms with Gasteiger partial charge in [0.2, 0.25) is 0 Å². The average molecular weight is 641 g/mol. The maximum atomic E-state index is 2.48. The largest absolute Gasteiger partial charge is 0.313 e. The predicted octanol–water partition coefficient (Wildman–Crippen LogP) is 13.0. The number of benzene rings is 8. The minimum atomic E-state index is 1.19. The molecule has 238 valence electrons. The fourth-order valence-corrected chi connectivity index (χ4v) is 8.55. The van der Waals surface area contributed by atoms with E-state index in [4.69, 9.17) is 0 Å². The molecule has 0 saturated carbocycles. The Morgan fingerprint density at radius 1 is 0.340 bits per heavy atom. The Labute approximate surface area is 291 Å². The molecule has 8 aromatic carbocycles. The van der Waals surface area contributed by atoms with E-state index in [1.165, 1.54) is 110 Å². The van der Waals surface area contributed by atoms with Gasteiger partial charge < -0.3 is 9.13 Å². The van der Waals surface area contributed by atoms with Crippen molar-refractivity contribution in [2.75, 3.05) is 0 Å². The molecule has 0 fully saturated rings. The van der Waals surface area contributed by atoms with Crippen LogP contribution in [0.5, 0.6) is 0 Å². The number of rotatable bonds is 4. The van der Waals surface area contributed by atoms with E-state index in [9.17, 15) is 0 Å². The van der Waals surface area contributed by atoms with Crippen LogP contribution in [-0.4, -0.2) is 9.13 Å². The lowest BCUT2D eigenvalue weighted by molar-refractivity contribution is 1.04. The first-order valence-corrected chi connectivity index (χ1v) is 17.5. The Kier molecular flexibility index (Phi) is 6.17. The van der Waals surface area contributed by atoms with E-state index >= 15 is 0 Å². The zero-order valence-corrected chi connectivity index (χ0v) is 28.8. The molecule has 2 nitrogen and oxygen atoms in total. The average Bonchev–Trinajstić information content (AvgIpc) is 3.58. The standard InChI is InChI=1S/C48H36N2/c1-29-31(3)49(39-21-15-35(16-22-39)33-11-7-5-8-12-33)47-41-25-20-38-28-44-30(2)32(4)50(40-23-17-36(18-24-40)34-13-9-6-10-14-34)48(44)42-26-19-37(27-43(29)47)45(41)46(38)42/h5-28H,1-4H3. The molecule has 0 aliphatic carbocycles. The molecule has 0 unspecified atom stereocenters. The summed E-state index contributed by atoms with van der Waals surface area (Å²) in [4.78, 5) is 0. The number of nitrogens with zero attached hydrogens (tertiary/aromatic N) is 2. The minimum Gasteiger partial charge on any atom is -0.313 e. The summed E-state index contributed by atoms with van der Waals surface area (Å²) in [6, 6.07) is 53.7. The molecule has 10 rings (SSSR count). The lowest BCUT2D eigenvalue weighted by Crippen LogP contribution is -1.99. The zero-order valence-electron chi connectivity index (χ0n) is 28.8. The topological polar surface area (TPSA) is 9.86 Å². The molecular weight excluding hydrogens is 605 g/mol. The highest BCUT2D eigenvalue weighted by Gasteiger charge is 2.22. The van der Waals surface area contributed by atoms with E-state index in [1.54, 1.807) is 0 Å². The summed E-state index contributed by atoms with van der Waals surface area (Å²) in [6.07, 6.45) is 0. The summed E-state index contributed by atoms with van der Waals surface area (Å²) in [5.74, 6) is 0. The second-order valence-electron chi connectivity index (χ2n) is 13.9. The molecule has 0 amide bonds. The van der Waals surface area contributed by atoms with Crippen LogP contribution in [0.3, 0.4) is 0 Å². The number of hydrogen-bond donors (Lipinski definition) is 0. The lowest BCUT2D eigenvalue weighted by Gasteiger charge is -2.17. The van der Waals surface area contributed by atoms with Crippen molar-refractivity contribution < 1.29 is 0 Å². The molecule has 0 saturated heterocycles. The van der Waals surface area contributed by atoms with Crippen molar-refractivity contribution in [3.05, 3.63) is 168 Å². The SMILES string of the molecule is Cc1c(C)n(-c2ccc(-c3ccccc3)cc2)c2c1cc1ccc3c4c(ccc2c14)cc1c(C)c(C)n(-c2ccc(-c4ccccc4)cc2)c13. The first-order valence-electron chi connectivity index (χ1n) is 17.5. The molecule has 10 aromatic rings. The van der Waals surface area contributed by atoms with E-state index in [2.05, 4.69) is 182 Å². The zero-order chi connectivity index (χ0) is 33.7. The lowest BCUT2D eigenvalue weighted by atomic mass is 9.91. The minimum absolute atomic E-state index is 1.19. The van der Waals surface area contributed by atoms with Crippen molar-refractivity contribution >= 4 is 54.1 Å². The third-order valence-corrected chi connectivity index (χ3v) is 11.3. The van der Waals surface area contributed by atoms with E-state index in [1.807, 2.05) is 0 Å². The van der Waals surface area contributed by atoms with Crippen LogP contribution in [0, 0.1) is 27.7 Å². The molecule has 2 heteroatoms. The quantitative estimate of drug-likeness (QED) is 0.169. The van der Waals surface area contributed by atoms with Gasteiger partial charge in [0.05, 0.1) is 11.0 Å². The molecule has 0 atom stereocenters. The van der Waals surface area contributed by atoms with Gasteiger partial charge in [0, 0.05) is 44.3 Å². The number of hydrogen-bond acceptors (Lipinski definition) is 0. The van der Waals surface area contributed by atoms with Crippen LogP contribution in [-0.2, 0) is 0 Å². The van der Waals surface area contributed by atoms with Gasteiger partial charge >= 0.3 is 0 Å². The molecule has 0 aliphatic heterocycles. The summed E-state index contributed by atoms with van der Waals surface area (Å²) >= 11 is 0. The first-order chi connectivity index (χ1) is 24.5. The van der Waals surface area contributed by atoms with Crippen LogP contribution in [0.25, 0.3) is 87.8 Å². The van der Waals surface area contributed by atoms with Crippen molar-refractivity contribution in [2.24, 2.45) is 0 Å². The highest BCUT2D eigenvalue weighted by atomic mass is 15.0. The number of aryl methyl sites for hydroxylation is 2. The molecule has 0 radical (unpaired) electrons. The molecule has 2 heterocycles. The van der Waals surface area contributed by atoms with Crippen molar-refractivity contribution in [3.8, 4) is 33.6 Å². The van der Waals surface area contributed by atoms with Crippen LogP contribution in [0.15, 0.2) is 146 Å². The van der Waals surface area contributed by atoms with Crippen LogP contribution < -0.4 is 0 Å². The van der Waals surface area contributed by atoms with E-state index in [0.717, 1.165) is 0 Å². The molecule has 50 heavy (non-hydrogen) atoms. The second kappa shape index (κ2) is 10.7. The Hall–Kier alpha value is -6.12. The van der Waals surface area contributed by atoms with Crippen LogP contribution >= 0.6 is 0 Å². The fraction of sp³-hybridized carbons (Fsp3) is 0.0833. The molecule has 0 N–H and O–H groups in total. The Balaban J connectivity index is 1.23. The Morgan fingerprint density at radius 2 is 0.700 bits per heavy atom. The molecule has 2 aromatic heterocycles. The van der Waals surface area contributed by atoms with Crippen LogP contribution in [0.1, 0.15) is 22.5 Å². The molecule has 0 bridgehead atoms. The normalized spacial score (nSPS) is 12.0. The van der Waals surface area contributed by atoms with Gasteiger partial charge in [0.15, 0.2) is 0 Å². The summed E-state index contributed by atoms with van der Waals surface area (Å²) in [5, 5.41) is 10.5. The van der Waals surface area contributed by atoms with Gasteiger partial charge in [-0.2, -0.15) is 0 Å². The fourth-order valence-electron chi connectivity index (χ4n) is 8.55. The summed E-state index contributed by atoms with van der Waals surface area (Å²) in [6.45, 7) is 9.07. The van der Waals surface area contributed by atoms with E-state index in [0.29, 0.717) is 0 Å². The van der Waals surface area contributed by atoms with Gasteiger partial charge in [0.25, 0.3) is 0 Å². The van der Waals surface area contributed by atoms with Crippen LogP contribution in [0.2, 0.25) is 0 Å². The molecule has 0 aliphatic rings. The van der Waals surface area contributed by atoms with Gasteiger partial charge in [-0.25, -0.2) is 0 Å². The van der Waals surface area contributed by atoms with Gasteiger partial charge in [-0.3, -0.25) is 0 Å². The van der Waals surface area contributed by atoms with Crippen molar-refractivity contribution in [2.45, 2.75) is 27.7 Å². The third kappa shape index (κ3) is 4.02. The van der Waals surface area contributed by atoms with Crippen molar-refractivity contribution in [1.82, 2.24) is 9.13 Å². The summed E-state index contributed by atoms with van der Waals surface area (Å²) in [7, 11) is 0. The Bertz CT molecular complexity index is 2700. The summed E-state index contributed by atoms with van der Waals surface area (Å²) < 4.78 is 4.96. The predicted molar refractivity (Wildman–Crippen MR) is 214 cm³/mol. The van der Waals surface area contributed by atoms with Crippen molar-refractivity contribution in [1.29, 1.82) is 0 Å². The van der Waals surface area contributed by atoms with Gasteiger partial charge in [0.1, 0.15) is 0 Å². The van der Waals surface area contributed by atoms with Gasteiger partial charge in [-0.1, -0.05) is 109 Å². The number of aromatic nitrogens is 2. The maximum Gasteiger partial charge on any atom is 0.0613 e. The third-order valence-electron chi connectivity index (χ3n) is 11.3. The highest BCUT2D eigenvalue weighted by Crippen LogP contribution is 2.45. The summed E-state index contributed by atoms with van der Waals surface area (Å²) in [5.41, 5.74) is 15.1. The molecule has 0 spiro atoms. The monoisotopic (exact) mass is 640 g/mol. The first kappa shape index (κ1) is 28.9. The second-order valence-corrected chi connectivity index (χ2v) is 13.9. The molecular formula is C48H36N2. The van der Waals surface area contributed by atoms with E-state index < -0.39 is 0 Å². The van der Waals surface area contributed by atoms with Crippen molar-refractivity contribution in [3.63, 3.8) is 0 Å². The maximum absolute atomic E-state index is 2.48. The van der Waals surface area contributed by atoms with Crippen LogP contribution in [0.4, 0.5) is 0 Å². The Morgan fingerprint density at radius 3 is 1.08 bits per heavy atom. The highest BCUT2D eigenvalue weighted by molar-refractivity contribution is 6.32. The smallest absolute Gasteiger partial charge is 0.0613 e. The number of fused-ring (bicyclic) bond motifs is 4.